The van der Waals surface area contributed by atoms with Gasteiger partial charge in [-0.05, 0) is 6.42 Å². The molecule has 1 aromatic heterocycles. The first-order chi connectivity index (χ1) is 8.10. The standard InChI is InChI=1S/C11H18FN3O2/c1-7(2)11-13-10(14-17-11)5-15-4-8(12)3-9(15)6-16/h7-9,16H,3-6H2,1-2H3/t8-,9-/m0/s1. The molecular formula is C11H18FN3O2. The van der Waals surface area contributed by atoms with Crippen molar-refractivity contribution in [3.8, 4) is 0 Å². The van der Waals surface area contributed by atoms with Crippen LogP contribution in [-0.4, -0.2) is 45.5 Å². The van der Waals surface area contributed by atoms with Gasteiger partial charge in [-0.3, -0.25) is 4.90 Å². The summed E-state index contributed by atoms with van der Waals surface area (Å²) in [6.45, 7) is 4.68. The van der Waals surface area contributed by atoms with Gasteiger partial charge in [-0.25, -0.2) is 4.39 Å². The monoisotopic (exact) mass is 243 g/mol. The SMILES string of the molecule is CC(C)c1nc(CN2C[C@@H](F)C[C@H]2CO)no1. The van der Waals surface area contributed by atoms with Crippen molar-refractivity contribution in [3.05, 3.63) is 11.7 Å². The van der Waals surface area contributed by atoms with E-state index in [4.69, 9.17) is 9.63 Å². The molecule has 1 saturated heterocycles. The Balaban J connectivity index is 1.99. The van der Waals surface area contributed by atoms with Crippen LogP contribution in [0.3, 0.4) is 0 Å². The van der Waals surface area contributed by atoms with Crippen LogP contribution < -0.4 is 0 Å². The Morgan fingerprint density at radius 1 is 1.59 bits per heavy atom. The number of rotatable bonds is 4. The van der Waals surface area contributed by atoms with E-state index in [1.54, 1.807) is 0 Å². The Labute approximate surface area is 99.6 Å². The topological polar surface area (TPSA) is 62.4 Å². The fraction of sp³-hybridized carbons (Fsp3) is 0.818. The van der Waals surface area contributed by atoms with Gasteiger partial charge in [0.25, 0.3) is 0 Å². The molecular weight excluding hydrogens is 225 g/mol. The molecule has 0 aliphatic carbocycles. The van der Waals surface area contributed by atoms with Crippen molar-refractivity contribution in [3.63, 3.8) is 0 Å². The Kier molecular flexibility index (Phi) is 3.73. The van der Waals surface area contributed by atoms with E-state index < -0.39 is 6.17 Å². The molecule has 0 unspecified atom stereocenters. The van der Waals surface area contributed by atoms with Crippen molar-refractivity contribution in [2.75, 3.05) is 13.2 Å². The summed E-state index contributed by atoms with van der Waals surface area (Å²) in [5.41, 5.74) is 0. The van der Waals surface area contributed by atoms with Crippen molar-refractivity contribution in [1.29, 1.82) is 0 Å². The highest BCUT2D eigenvalue weighted by molar-refractivity contribution is 4.94. The van der Waals surface area contributed by atoms with Gasteiger partial charge in [0, 0.05) is 18.5 Å². The maximum absolute atomic E-state index is 13.2. The molecule has 5 nitrogen and oxygen atoms in total. The van der Waals surface area contributed by atoms with Gasteiger partial charge in [-0.1, -0.05) is 19.0 Å². The summed E-state index contributed by atoms with van der Waals surface area (Å²) in [7, 11) is 0. The quantitative estimate of drug-likeness (QED) is 0.858. The van der Waals surface area contributed by atoms with E-state index in [1.807, 2.05) is 18.7 Å². The highest BCUT2D eigenvalue weighted by Crippen LogP contribution is 2.22. The molecule has 1 N–H and O–H groups in total. The van der Waals surface area contributed by atoms with Gasteiger partial charge in [0.2, 0.25) is 5.89 Å². The molecule has 1 aliphatic rings. The lowest BCUT2D eigenvalue weighted by molar-refractivity contribution is 0.149. The Morgan fingerprint density at radius 2 is 2.35 bits per heavy atom. The summed E-state index contributed by atoms with van der Waals surface area (Å²) in [6, 6.07) is -0.133. The summed E-state index contributed by atoms with van der Waals surface area (Å²) in [5, 5.41) is 13.0. The van der Waals surface area contributed by atoms with Crippen molar-refractivity contribution >= 4 is 0 Å². The van der Waals surface area contributed by atoms with Gasteiger partial charge in [-0.15, -0.1) is 0 Å². The summed E-state index contributed by atoms with van der Waals surface area (Å²) >= 11 is 0. The number of hydrogen-bond acceptors (Lipinski definition) is 5. The number of nitrogens with zero attached hydrogens (tertiary/aromatic N) is 3. The summed E-state index contributed by atoms with van der Waals surface area (Å²) in [4.78, 5) is 6.10. The fourth-order valence-electron chi connectivity index (χ4n) is 2.05. The van der Waals surface area contributed by atoms with Crippen molar-refractivity contribution < 1.29 is 14.0 Å². The molecule has 2 rings (SSSR count). The van der Waals surface area contributed by atoms with Crippen LogP contribution in [-0.2, 0) is 6.54 Å². The van der Waals surface area contributed by atoms with Crippen molar-refractivity contribution in [2.24, 2.45) is 0 Å². The van der Waals surface area contributed by atoms with Crippen LogP contribution in [0.15, 0.2) is 4.52 Å². The van der Waals surface area contributed by atoms with Crippen molar-refractivity contribution in [1.82, 2.24) is 15.0 Å². The average Bonchev–Trinajstić information content (AvgIpc) is 2.86. The second-order valence-corrected chi connectivity index (χ2v) is 4.80. The first-order valence-corrected chi connectivity index (χ1v) is 5.91. The molecule has 1 aromatic rings. The number of aromatic nitrogens is 2. The molecule has 0 spiro atoms. The molecule has 2 atom stereocenters. The minimum absolute atomic E-state index is 0.0324. The molecule has 0 bridgehead atoms. The van der Waals surface area contributed by atoms with Crippen molar-refractivity contribution in [2.45, 2.75) is 44.9 Å². The second-order valence-electron chi connectivity index (χ2n) is 4.80. The largest absolute Gasteiger partial charge is 0.395 e. The zero-order valence-electron chi connectivity index (χ0n) is 10.1. The first-order valence-electron chi connectivity index (χ1n) is 5.91. The van der Waals surface area contributed by atoms with Gasteiger partial charge in [0.1, 0.15) is 6.17 Å². The smallest absolute Gasteiger partial charge is 0.229 e. The van der Waals surface area contributed by atoms with E-state index in [1.165, 1.54) is 0 Å². The van der Waals surface area contributed by atoms with E-state index in [0.29, 0.717) is 31.2 Å². The lowest BCUT2D eigenvalue weighted by atomic mass is 10.2. The fourth-order valence-corrected chi connectivity index (χ4v) is 2.05. The minimum atomic E-state index is -0.872. The zero-order chi connectivity index (χ0) is 12.4. The molecule has 1 fully saturated rings. The number of aliphatic hydroxyl groups excluding tert-OH is 1. The number of aliphatic hydroxyl groups is 1. The molecule has 2 heterocycles. The van der Waals surface area contributed by atoms with Crippen LogP contribution in [0.25, 0.3) is 0 Å². The predicted molar refractivity (Wildman–Crippen MR) is 59.2 cm³/mol. The summed E-state index contributed by atoms with van der Waals surface area (Å²) in [6.07, 6.45) is -0.491. The highest BCUT2D eigenvalue weighted by atomic mass is 19.1. The Bertz CT molecular complexity index is 369. The molecule has 0 saturated carbocycles. The number of hydrogen-bond donors (Lipinski definition) is 1. The highest BCUT2D eigenvalue weighted by Gasteiger charge is 2.32. The Hall–Kier alpha value is -1.01. The third-order valence-electron chi connectivity index (χ3n) is 3.01. The molecule has 96 valence electrons. The first kappa shape index (κ1) is 12.4. The van der Waals surface area contributed by atoms with Crippen LogP contribution >= 0.6 is 0 Å². The van der Waals surface area contributed by atoms with Crippen LogP contribution in [0, 0.1) is 0 Å². The molecule has 0 aromatic carbocycles. The second kappa shape index (κ2) is 5.10. The average molecular weight is 243 g/mol. The van der Waals surface area contributed by atoms with E-state index >= 15 is 0 Å². The summed E-state index contributed by atoms with van der Waals surface area (Å²) in [5.74, 6) is 1.34. The summed E-state index contributed by atoms with van der Waals surface area (Å²) < 4.78 is 18.3. The molecule has 0 amide bonds. The zero-order valence-corrected chi connectivity index (χ0v) is 10.1. The molecule has 6 heteroatoms. The number of halogens is 1. The van der Waals surface area contributed by atoms with Crippen LogP contribution in [0.2, 0.25) is 0 Å². The van der Waals surface area contributed by atoms with E-state index in [9.17, 15) is 4.39 Å². The molecule has 17 heavy (non-hydrogen) atoms. The van der Waals surface area contributed by atoms with Crippen LogP contribution in [0.5, 0.6) is 0 Å². The number of alkyl halides is 1. The Morgan fingerprint density at radius 3 is 2.94 bits per heavy atom. The van der Waals surface area contributed by atoms with E-state index in [-0.39, 0.29) is 18.6 Å². The van der Waals surface area contributed by atoms with Gasteiger partial charge < -0.3 is 9.63 Å². The number of likely N-dealkylation sites (tertiary alicyclic amines) is 1. The lowest BCUT2D eigenvalue weighted by Crippen LogP contribution is -2.32. The molecule has 1 aliphatic heterocycles. The van der Waals surface area contributed by atoms with Gasteiger partial charge in [0.15, 0.2) is 5.82 Å². The normalized spacial score (nSPS) is 25.9. The maximum Gasteiger partial charge on any atom is 0.229 e. The molecule has 0 radical (unpaired) electrons. The van der Waals surface area contributed by atoms with Gasteiger partial charge in [0.05, 0.1) is 13.2 Å². The minimum Gasteiger partial charge on any atom is -0.395 e. The van der Waals surface area contributed by atoms with E-state index in [2.05, 4.69) is 10.1 Å². The van der Waals surface area contributed by atoms with E-state index in [0.717, 1.165) is 0 Å². The van der Waals surface area contributed by atoms with Crippen LogP contribution in [0.1, 0.15) is 37.9 Å². The van der Waals surface area contributed by atoms with Crippen LogP contribution in [0.4, 0.5) is 4.39 Å². The van der Waals surface area contributed by atoms with Gasteiger partial charge in [-0.2, -0.15) is 4.98 Å². The third kappa shape index (κ3) is 2.81. The third-order valence-corrected chi connectivity index (χ3v) is 3.01. The predicted octanol–water partition coefficient (Wildman–Crippen LogP) is 1.10. The maximum atomic E-state index is 13.2. The lowest BCUT2D eigenvalue weighted by Gasteiger charge is -2.19. The van der Waals surface area contributed by atoms with Gasteiger partial charge >= 0.3 is 0 Å².